The topological polar surface area (TPSA) is 244 Å². The van der Waals surface area contributed by atoms with E-state index >= 15 is 0 Å². The third kappa shape index (κ3) is 16.9. The number of likely N-dealkylation sites (tertiary alicyclic amines) is 3. The highest BCUT2D eigenvalue weighted by Gasteiger charge is 2.48. The average molecular weight is 1510 g/mol. The van der Waals surface area contributed by atoms with Gasteiger partial charge < -0.3 is 43.1 Å². The first kappa shape index (κ1) is 78.0. The van der Waals surface area contributed by atoms with Crippen LogP contribution < -0.4 is 4.74 Å². The predicted octanol–water partition coefficient (Wildman–Crippen LogP) is 14.0. The summed E-state index contributed by atoms with van der Waals surface area (Å²) in [6, 6.07) is 44.1. The molecule has 0 bridgehead atoms. The normalized spacial score (nSPS) is 19.7. The van der Waals surface area contributed by atoms with Crippen LogP contribution in [0.5, 0.6) is 5.75 Å². The second-order valence-corrected chi connectivity index (χ2v) is 28.3. The summed E-state index contributed by atoms with van der Waals surface area (Å²) >= 11 is 3.89. The summed E-state index contributed by atoms with van der Waals surface area (Å²) in [6.07, 6.45) is -3.38. The Kier molecular flexibility index (Phi) is 24.1. The lowest BCUT2D eigenvalue weighted by atomic mass is 9.98. The smallest absolute Gasteiger partial charge is 0.410 e. The Hall–Kier alpha value is -10.1. The van der Waals surface area contributed by atoms with Crippen LogP contribution in [0.1, 0.15) is 125 Å². The molecule has 0 spiro atoms. The number of carboxylic acid groups (broad SMARTS) is 1. The van der Waals surface area contributed by atoms with E-state index in [4.69, 9.17) is 33.3 Å². The van der Waals surface area contributed by atoms with Crippen molar-refractivity contribution in [3.8, 4) is 39.1 Å². The minimum atomic E-state index is -2.39. The standard InChI is InChI=1S/C30H26F5NO5.C28H30N2O7.C21H21NO5.HPS/c1-30(2,3)41-15-12-21(28(37)40-27-25(34)23(32)22(31)24(33)26(27)35)36(13-15)29(38)39-14-20-18-10-6-4-8-16(18)17-9-5-7-11-19(17)20;1-28(2,3)36-17-14-23(26(33)37-30-24(31)12-13-25(30)32)29(15-17)27(34)35-16-22-20-10-6-4-8-18(20)19-9-5-7-11-21(19)22;1-26-13-10-19(20(23)24)22(11-13)21(25)27-12-18-16-8-4-2-6-14(16)15-7-3-5-9-17(15)18;1-2/h4-11,15,20-21H,12-14H2,1-3H3;4-11,17,22-23H,12-16H2,1-3H3;2-9,13,18-19H,10-12H2,1H3,(H,23,24);1H/t15-,21+;17-,23+;13?,19-;/m110./s1. The van der Waals surface area contributed by atoms with Gasteiger partial charge in [0.25, 0.3) is 11.8 Å². The van der Waals surface area contributed by atoms with Crippen molar-refractivity contribution in [2.24, 2.45) is 0 Å². The SMILES string of the molecule is CC(C)(C)O[C@@H]1C[C@@H](C(=O)ON2C(=O)CCC2=O)N(C(=O)OCC2c3ccccc3-c3ccccc32)C1.CC(C)(C)O[C@@H]1C[C@@H](C(=O)Oc2c(F)c(F)c(F)c(F)c2F)N(C(=O)OCC2c3ccccc3-c3ccccc32)C1.COC1C[C@@H](C(=O)O)N(C(=O)OCC2c3ccccc3-c3ccccc32)C1.P=S. The Morgan fingerprint density at radius 1 is 0.439 bits per heavy atom. The number of carboxylic acids is 1. The van der Waals surface area contributed by atoms with Crippen LogP contribution in [-0.4, -0.2) is 167 Å². The number of fused-ring (bicyclic) bond motifs is 9. The van der Waals surface area contributed by atoms with E-state index in [-0.39, 0.29) is 95.4 Å². The van der Waals surface area contributed by atoms with Gasteiger partial charge in [-0.25, -0.2) is 41.9 Å². The lowest BCUT2D eigenvalue weighted by Crippen LogP contribution is -2.45. The zero-order valence-corrected chi connectivity index (χ0v) is 61.2. The number of carbonyl (C=O) groups is 8. The van der Waals surface area contributed by atoms with E-state index in [2.05, 4.69) is 48.8 Å². The molecular formula is C79H78F5N4O17PS. The number of esters is 1. The van der Waals surface area contributed by atoms with Crippen molar-refractivity contribution < 1.29 is 103 Å². The molecule has 7 aromatic rings. The first-order chi connectivity index (χ1) is 51.1. The summed E-state index contributed by atoms with van der Waals surface area (Å²) in [4.78, 5) is 109. The Morgan fingerprint density at radius 3 is 1.03 bits per heavy atom. The van der Waals surface area contributed by atoms with E-state index in [9.17, 15) is 65.4 Å². The van der Waals surface area contributed by atoms with Crippen molar-refractivity contribution in [3.05, 3.63) is 208 Å². The molecule has 0 radical (unpaired) electrons. The van der Waals surface area contributed by atoms with Crippen LogP contribution in [0.2, 0.25) is 0 Å². The van der Waals surface area contributed by atoms with Gasteiger partial charge in [0, 0.05) is 57.0 Å². The van der Waals surface area contributed by atoms with Gasteiger partial charge in [-0.3, -0.25) is 24.3 Å². The number of benzene rings is 7. The van der Waals surface area contributed by atoms with Gasteiger partial charge in [0.05, 0.1) is 49.1 Å². The number of imide groups is 1. The van der Waals surface area contributed by atoms with Crippen LogP contribution >= 0.6 is 8.02 Å². The number of hydroxylamine groups is 2. The number of hydrogen-bond acceptors (Lipinski definition) is 17. The zero-order valence-electron chi connectivity index (χ0n) is 59.4. The van der Waals surface area contributed by atoms with Crippen LogP contribution in [-0.2, 0) is 69.0 Å². The molecule has 1 unspecified atom stereocenters. The van der Waals surface area contributed by atoms with Gasteiger partial charge in [-0.1, -0.05) is 157 Å². The van der Waals surface area contributed by atoms with E-state index in [0.29, 0.717) is 5.06 Å². The minimum absolute atomic E-state index is 0.0113. The number of carbonyl (C=O) groups excluding carboxylic acids is 7. The maximum Gasteiger partial charge on any atom is 0.410 e. The van der Waals surface area contributed by atoms with Gasteiger partial charge in [0.15, 0.2) is 0 Å². The molecule has 107 heavy (non-hydrogen) atoms. The van der Waals surface area contributed by atoms with Gasteiger partial charge in [-0.15, -0.1) is 5.06 Å². The first-order valence-electron chi connectivity index (χ1n) is 34.6. The summed E-state index contributed by atoms with van der Waals surface area (Å²) in [7, 11) is 4.07. The lowest BCUT2D eigenvalue weighted by Gasteiger charge is -2.25. The molecule has 4 aliphatic heterocycles. The van der Waals surface area contributed by atoms with E-state index in [1.807, 2.05) is 142 Å². The summed E-state index contributed by atoms with van der Waals surface area (Å²) in [5.41, 5.74) is 11.7. The van der Waals surface area contributed by atoms with Gasteiger partial charge in [0.1, 0.15) is 37.9 Å². The molecule has 562 valence electrons. The molecule has 1 N–H and O–H groups in total. The third-order valence-corrected chi connectivity index (χ3v) is 19.3. The predicted molar refractivity (Wildman–Crippen MR) is 383 cm³/mol. The highest BCUT2D eigenvalue weighted by atomic mass is 32.4. The third-order valence-electron chi connectivity index (χ3n) is 19.3. The van der Waals surface area contributed by atoms with Crippen LogP contribution in [0, 0.1) is 29.1 Å². The van der Waals surface area contributed by atoms with Gasteiger partial charge in [0.2, 0.25) is 34.8 Å². The molecule has 6 atom stereocenters. The molecule has 3 aliphatic carbocycles. The molecule has 4 heterocycles. The van der Waals surface area contributed by atoms with E-state index in [1.54, 1.807) is 20.8 Å². The number of nitrogens with zero attached hydrogens (tertiary/aromatic N) is 4. The number of ether oxygens (including phenoxy) is 7. The Bertz CT molecular complexity index is 4400. The highest BCUT2D eigenvalue weighted by Crippen LogP contribution is 2.48. The summed E-state index contributed by atoms with van der Waals surface area (Å²) < 4.78 is 108. The fraction of sp³-hybridized carbons (Fsp3) is 0.367. The summed E-state index contributed by atoms with van der Waals surface area (Å²) in [5.74, 6) is -18.2. The van der Waals surface area contributed by atoms with Crippen molar-refractivity contribution in [3.63, 3.8) is 0 Å². The largest absolute Gasteiger partial charge is 0.480 e. The number of methoxy groups -OCH3 is 1. The van der Waals surface area contributed by atoms with E-state index in [1.165, 1.54) is 16.9 Å². The monoisotopic (exact) mass is 1510 g/mol. The van der Waals surface area contributed by atoms with Gasteiger partial charge in [-0.05, 0) is 116 Å². The number of hydrogen-bond donors (Lipinski definition) is 1. The molecule has 21 nitrogen and oxygen atoms in total. The van der Waals surface area contributed by atoms with Crippen molar-refractivity contribution in [2.75, 3.05) is 46.6 Å². The minimum Gasteiger partial charge on any atom is -0.480 e. The zero-order chi connectivity index (χ0) is 76.9. The number of amides is 5. The average Bonchev–Trinajstić information content (AvgIpc) is 1.62. The van der Waals surface area contributed by atoms with Crippen molar-refractivity contribution in [1.82, 2.24) is 19.8 Å². The molecular weight excluding hydrogens is 1430 g/mol. The van der Waals surface area contributed by atoms with Crippen LogP contribution in [0.15, 0.2) is 146 Å². The quantitative estimate of drug-likeness (QED) is 0.0155. The van der Waals surface area contributed by atoms with Crippen LogP contribution in [0.4, 0.5) is 36.3 Å². The molecule has 4 saturated heterocycles. The van der Waals surface area contributed by atoms with Crippen molar-refractivity contribution >= 4 is 67.8 Å². The number of aliphatic carboxylic acids is 1. The Morgan fingerprint density at radius 2 is 0.720 bits per heavy atom. The van der Waals surface area contributed by atoms with E-state index < -0.39 is 124 Å². The van der Waals surface area contributed by atoms with Crippen LogP contribution in [0.3, 0.4) is 0 Å². The summed E-state index contributed by atoms with van der Waals surface area (Å²) in [6.45, 7) is 11.3. The van der Waals surface area contributed by atoms with Crippen molar-refractivity contribution in [1.29, 1.82) is 0 Å². The number of rotatable bonds is 14. The molecule has 4 fully saturated rings. The molecule has 7 aliphatic rings. The molecule has 5 amide bonds. The fourth-order valence-corrected chi connectivity index (χ4v) is 14.7. The second kappa shape index (κ2) is 33.0. The molecule has 0 aromatic heterocycles. The Labute approximate surface area is 620 Å². The Balaban J connectivity index is 0.000000161. The highest BCUT2D eigenvalue weighted by molar-refractivity contribution is 7.88. The van der Waals surface area contributed by atoms with Crippen LogP contribution in [0.25, 0.3) is 33.4 Å². The van der Waals surface area contributed by atoms with Crippen molar-refractivity contribution in [2.45, 2.75) is 139 Å². The van der Waals surface area contributed by atoms with Gasteiger partial charge in [-0.2, -0.15) is 8.78 Å². The van der Waals surface area contributed by atoms with Gasteiger partial charge >= 0.3 is 36.2 Å². The second-order valence-electron chi connectivity index (χ2n) is 28.3. The molecule has 14 rings (SSSR count). The number of halogens is 5. The fourth-order valence-electron chi connectivity index (χ4n) is 14.7. The molecule has 28 heteroatoms. The van der Waals surface area contributed by atoms with E-state index in [0.717, 1.165) is 71.7 Å². The molecule has 0 saturated carbocycles. The molecule has 7 aromatic carbocycles. The lowest BCUT2D eigenvalue weighted by molar-refractivity contribution is -0.200. The maximum atomic E-state index is 14.2. The summed E-state index contributed by atoms with van der Waals surface area (Å²) in [5, 5.41) is 9.88. The maximum absolute atomic E-state index is 14.2. The first-order valence-corrected chi connectivity index (χ1v) is 36.2.